The van der Waals surface area contributed by atoms with E-state index in [-0.39, 0.29) is 0 Å². The molecule has 0 aliphatic heterocycles. The summed E-state index contributed by atoms with van der Waals surface area (Å²) in [7, 11) is 0. The number of nitrogens with one attached hydrogen (secondary N) is 1. The Hall–Kier alpha value is -1.62. The molecule has 0 aliphatic rings. The molecule has 0 amide bonds. The van der Waals surface area contributed by atoms with Crippen LogP contribution in [-0.4, -0.2) is 14.5 Å². The monoisotopic (exact) mass is 248 g/mol. The molecule has 5 nitrogen and oxygen atoms in total. The summed E-state index contributed by atoms with van der Waals surface area (Å²) in [6, 6.07) is 0. The number of aromatic nitrogens is 3. The molecule has 1 N–H and O–H groups in total. The highest BCUT2D eigenvalue weighted by Gasteiger charge is 2.04. The molecule has 0 unspecified atom stereocenters. The van der Waals surface area contributed by atoms with Crippen molar-refractivity contribution in [1.29, 1.82) is 0 Å². The zero-order valence-electron chi connectivity index (χ0n) is 11.0. The van der Waals surface area contributed by atoms with Crippen molar-refractivity contribution in [2.75, 3.05) is 0 Å². The predicted molar refractivity (Wildman–Crippen MR) is 68.9 cm³/mol. The van der Waals surface area contributed by atoms with Crippen LogP contribution in [0.15, 0.2) is 23.0 Å². The highest BCUT2D eigenvalue weighted by atomic mass is 16.4. The summed E-state index contributed by atoms with van der Waals surface area (Å²) < 4.78 is 7.70. The van der Waals surface area contributed by atoms with Crippen molar-refractivity contribution in [1.82, 2.24) is 19.9 Å². The van der Waals surface area contributed by atoms with Gasteiger partial charge in [0.05, 0.1) is 19.3 Å². The summed E-state index contributed by atoms with van der Waals surface area (Å²) in [4.78, 5) is 8.55. The number of aryl methyl sites for hydroxylation is 2. The first-order chi connectivity index (χ1) is 8.83. The molecule has 0 bridgehead atoms. The molecule has 98 valence electrons. The summed E-state index contributed by atoms with van der Waals surface area (Å²) >= 11 is 0. The SMILES string of the molecule is CCCn1ccnc1CNCc1ncc(CC)o1. The van der Waals surface area contributed by atoms with E-state index in [1.54, 1.807) is 6.20 Å². The van der Waals surface area contributed by atoms with Gasteiger partial charge in [-0.3, -0.25) is 0 Å². The highest BCUT2D eigenvalue weighted by Crippen LogP contribution is 2.04. The predicted octanol–water partition coefficient (Wildman–Crippen LogP) is 2.13. The van der Waals surface area contributed by atoms with E-state index in [9.17, 15) is 0 Å². The van der Waals surface area contributed by atoms with Crippen LogP contribution in [0, 0.1) is 0 Å². The van der Waals surface area contributed by atoms with Gasteiger partial charge in [-0.1, -0.05) is 13.8 Å². The molecule has 2 aromatic rings. The Kier molecular flexibility index (Phi) is 4.52. The quantitative estimate of drug-likeness (QED) is 0.815. The number of oxazole rings is 1. The first kappa shape index (κ1) is 12.8. The molecular weight excluding hydrogens is 228 g/mol. The van der Waals surface area contributed by atoms with E-state index in [1.165, 1.54) is 0 Å². The van der Waals surface area contributed by atoms with Gasteiger partial charge in [-0.2, -0.15) is 0 Å². The van der Waals surface area contributed by atoms with E-state index in [0.717, 1.165) is 43.4 Å². The Labute approximate surface area is 107 Å². The molecule has 0 fully saturated rings. The number of hydrogen-bond acceptors (Lipinski definition) is 4. The molecule has 0 atom stereocenters. The topological polar surface area (TPSA) is 55.9 Å². The molecule has 0 saturated carbocycles. The fourth-order valence-electron chi connectivity index (χ4n) is 1.83. The van der Waals surface area contributed by atoms with Gasteiger partial charge in [-0.05, 0) is 6.42 Å². The van der Waals surface area contributed by atoms with E-state index >= 15 is 0 Å². The lowest BCUT2D eigenvalue weighted by Crippen LogP contribution is -2.16. The third-order valence-corrected chi connectivity index (χ3v) is 2.78. The van der Waals surface area contributed by atoms with Gasteiger partial charge in [0.25, 0.3) is 0 Å². The number of rotatable bonds is 7. The fraction of sp³-hybridized carbons (Fsp3) is 0.538. The maximum Gasteiger partial charge on any atom is 0.208 e. The van der Waals surface area contributed by atoms with Crippen LogP contribution in [0.4, 0.5) is 0 Å². The number of nitrogens with zero attached hydrogens (tertiary/aromatic N) is 3. The maximum atomic E-state index is 5.53. The van der Waals surface area contributed by atoms with Crippen molar-refractivity contribution in [3.8, 4) is 0 Å². The molecule has 5 heteroatoms. The van der Waals surface area contributed by atoms with Crippen molar-refractivity contribution in [2.24, 2.45) is 0 Å². The Bertz CT molecular complexity index is 475. The van der Waals surface area contributed by atoms with Crippen LogP contribution in [0.5, 0.6) is 0 Å². The lowest BCUT2D eigenvalue weighted by atomic mass is 10.4. The summed E-state index contributed by atoms with van der Waals surface area (Å²) in [6.07, 6.45) is 7.64. The van der Waals surface area contributed by atoms with Gasteiger partial charge in [0, 0.05) is 25.4 Å². The van der Waals surface area contributed by atoms with Crippen molar-refractivity contribution < 1.29 is 4.42 Å². The minimum absolute atomic E-state index is 0.638. The van der Waals surface area contributed by atoms with Gasteiger partial charge in [-0.15, -0.1) is 0 Å². The second-order valence-electron chi connectivity index (χ2n) is 4.21. The Morgan fingerprint density at radius 2 is 2.17 bits per heavy atom. The Morgan fingerprint density at radius 3 is 2.89 bits per heavy atom. The normalized spacial score (nSPS) is 11.0. The van der Waals surface area contributed by atoms with Crippen LogP contribution in [0.2, 0.25) is 0 Å². The second-order valence-corrected chi connectivity index (χ2v) is 4.21. The van der Waals surface area contributed by atoms with Crippen molar-refractivity contribution in [3.63, 3.8) is 0 Å². The minimum Gasteiger partial charge on any atom is -0.444 e. The lowest BCUT2D eigenvalue weighted by molar-refractivity contribution is 0.435. The number of imidazole rings is 1. The summed E-state index contributed by atoms with van der Waals surface area (Å²) in [6.45, 7) is 6.60. The molecular formula is C13H20N4O. The summed E-state index contributed by atoms with van der Waals surface area (Å²) in [5.41, 5.74) is 0. The average molecular weight is 248 g/mol. The van der Waals surface area contributed by atoms with Crippen LogP contribution in [-0.2, 0) is 26.1 Å². The Balaban J connectivity index is 1.82. The zero-order chi connectivity index (χ0) is 12.8. The van der Waals surface area contributed by atoms with Gasteiger partial charge < -0.3 is 14.3 Å². The highest BCUT2D eigenvalue weighted by molar-refractivity contribution is 4.95. The largest absolute Gasteiger partial charge is 0.444 e. The molecule has 0 spiro atoms. The molecule has 18 heavy (non-hydrogen) atoms. The van der Waals surface area contributed by atoms with Crippen LogP contribution in [0.3, 0.4) is 0 Å². The second kappa shape index (κ2) is 6.35. The first-order valence-electron chi connectivity index (χ1n) is 6.47. The van der Waals surface area contributed by atoms with E-state index < -0.39 is 0 Å². The summed E-state index contributed by atoms with van der Waals surface area (Å²) in [5, 5.41) is 3.30. The van der Waals surface area contributed by atoms with E-state index in [1.807, 2.05) is 12.4 Å². The van der Waals surface area contributed by atoms with Gasteiger partial charge >= 0.3 is 0 Å². The Morgan fingerprint density at radius 1 is 1.28 bits per heavy atom. The van der Waals surface area contributed by atoms with Gasteiger partial charge in [0.1, 0.15) is 11.6 Å². The molecule has 0 aliphatic carbocycles. The van der Waals surface area contributed by atoms with E-state index in [0.29, 0.717) is 6.54 Å². The number of hydrogen-bond donors (Lipinski definition) is 1. The molecule has 0 aromatic carbocycles. The molecule has 2 aromatic heterocycles. The van der Waals surface area contributed by atoms with Crippen molar-refractivity contribution in [2.45, 2.75) is 46.3 Å². The molecule has 2 rings (SSSR count). The van der Waals surface area contributed by atoms with Crippen molar-refractivity contribution >= 4 is 0 Å². The van der Waals surface area contributed by atoms with Gasteiger partial charge in [-0.25, -0.2) is 9.97 Å². The third-order valence-electron chi connectivity index (χ3n) is 2.78. The van der Waals surface area contributed by atoms with Crippen LogP contribution in [0.1, 0.15) is 37.7 Å². The molecule has 0 saturated heterocycles. The zero-order valence-corrected chi connectivity index (χ0v) is 11.0. The summed E-state index contributed by atoms with van der Waals surface area (Å²) in [5.74, 6) is 2.72. The first-order valence-corrected chi connectivity index (χ1v) is 6.47. The third kappa shape index (κ3) is 3.20. The minimum atomic E-state index is 0.638. The van der Waals surface area contributed by atoms with Gasteiger partial charge in [0.2, 0.25) is 5.89 Å². The lowest BCUT2D eigenvalue weighted by Gasteiger charge is -2.06. The van der Waals surface area contributed by atoms with Crippen LogP contribution >= 0.6 is 0 Å². The fourth-order valence-corrected chi connectivity index (χ4v) is 1.83. The maximum absolute atomic E-state index is 5.53. The van der Waals surface area contributed by atoms with Crippen molar-refractivity contribution in [3.05, 3.63) is 36.1 Å². The van der Waals surface area contributed by atoms with Gasteiger partial charge in [0.15, 0.2) is 0 Å². The average Bonchev–Trinajstić information content (AvgIpc) is 3.00. The smallest absolute Gasteiger partial charge is 0.208 e. The molecule has 2 heterocycles. The molecule has 0 radical (unpaired) electrons. The van der Waals surface area contributed by atoms with E-state index in [4.69, 9.17) is 4.42 Å². The van der Waals surface area contributed by atoms with Crippen LogP contribution < -0.4 is 5.32 Å². The van der Waals surface area contributed by atoms with E-state index in [2.05, 4.69) is 33.7 Å². The standard InChI is InChI=1S/C13H20N4O/c1-3-6-17-7-5-15-12(17)9-14-10-13-16-8-11(4-2)18-13/h5,7-8,14H,3-4,6,9-10H2,1-2H3. The van der Waals surface area contributed by atoms with Crippen LogP contribution in [0.25, 0.3) is 0 Å².